The summed E-state index contributed by atoms with van der Waals surface area (Å²) in [4.78, 5) is 15.4. The van der Waals surface area contributed by atoms with Crippen molar-refractivity contribution in [3.63, 3.8) is 0 Å². The standard InChI is InChI=1S/C9H8N2O2S/c1-6-2-3-7(13-6)8(12)11-9-10-4-5-14-9/h2-5H,1H3,(H,10,11,12). The molecule has 0 radical (unpaired) electrons. The van der Waals surface area contributed by atoms with Crippen LogP contribution in [0.2, 0.25) is 0 Å². The van der Waals surface area contributed by atoms with E-state index in [1.807, 2.05) is 0 Å². The number of nitrogens with one attached hydrogen (secondary N) is 1. The van der Waals surface area contributed by atoms with Crippen molar-refractivity contribution in [1.29, 1.82) is 0 Å². The molecule has 0 spiro atoms. The maximum Gasteiger partial charge on any atom is 0.293 e. The van der Waals surface area contributed by atoms with Gasteiger partial charge in [0.25, 0.3) is 5.91 Å². The quantitative estimate of drug-likeness (QED) is 0.823. The van der Waals surface area contributed by atoms with Gasteiger partial charge in [0, 0.05) is 11.6 Å². The van der Waals surface area contributed by atoms with Gasteiger partial charge < -0.3 is 4.42 Å². The second-order valence-corrected chi connectivity index (χ2v) is 3.60. The van der Waals surface area contributed by atoms with Crippen molar-refractivity contribution in [1.82, 2.24) is 4.98 Å². The molecule has 2 aromatic heterocycles. The zero-order valence-corrected chi connectivity index (χ0v) is 8.30. The van der Waals surface area contributed by atoms with E-state index in [1.165, 1.54) is 11.3 Å². The summed E-state index contributed by atoms with van der Waals surface area (Å²) >= 11 is 1.37. The topological polar surface area (TPSA) is 55.1 Å². The van der Waals surface area contributed by atoms with Crippen molar-refractivity contribution in [2.75, 3.05) is 5.32 Å². The van der Waals surface area contributed by atoms with Crippen molar-refractivity contribution in [3.8, 4) is 0 Å². The largest absolute Gasteiger partial charge is 0.456 e. The van der Waals surface area contributed by atoms with E-state index in [9.17, 15) is 4.79 Å². The minimum Gasteiger partial charge on any atom is -0.456 e. The lowest BCUT2D eigenvalue weighted by atomic mass is 10.4. The molecule has 2 heterocycles. The molecule has 0 aromatic carbocycles. The van der Waals surface area contributed by atoms with Crippen LogP contribution in [0, 0.1) is 6.92 Å². The smallest absolute Gasteiger partial charge is 0.293 e. The Kier molecular flexibility index (Phi) is 2.32. The molecule has 0 atom stereocenters. The van der Waals surface area contributed by atoms with Crippen LogP contribution in [-0.2, 0) is 0 Å². The monoisotopic (exact) mass is 208 g/mol. The van der Waals surface area contributed by atoms with Crippen molar-refractivity contribution in [3.05, 3.63) is 35.2 Å². The maximum atomic E-state index is 11.5. The Morgan fingerprint density at radius 3 is 3.00 bits per heavy atom. The third-order valence-electron chi connectivity index (χ3n) is 1.62. The third-order valence-corrected chi connectivity index (χ3v) is 2.31. The first-order valence-corrected chi connectivity index (χ1v) is 4.91. The van der Waals surface area contributed by atoms with Crippen LogP contribution in [0.25, 0.3) is 0 Å². The fraction of sp³-hybridized carbons (Fsp3) is 0.111. The first-order chi connectivity index (χ1) is 6.75. The van der Waals surface area contributed by atoms with Crippen LogP contribution in [-0.4, -0.2) is 10.9 Å². The van der Waals surface area contributed by atoms with Crippen LogP contribution in [0.1, 0.15) is 16.3 Å². The molecule has 0 saturated carbocycles. The van der Waals surface area contributed by atoms with E-state index in [0.29, 0.717) is 16.7 Å². The van der Waals surface area contributed by atoms with E-state index >= 15 is 0 Å². The SMILES string of the molecule is Cc1ccc(C(=O)Nc2nccs2)o1. The van der Waals surface area contributed by atoms with E-state index < -0.39 is 0 Å². The average molecular weight is 208 g/mol. The zero-order chi connectivity index (χ0) is 9.97. The molecule has 0 saturated heterocycles. The Morgan fingerprint density at radius 1 is 1.57 bits per heavy atom. The Balaban J connectivity index is 2.10. The lowest BCUT2D eigenvalue weighted by Crippen LogP contribution is -2.10. The van der Waals surface area contributed by atoms with Gasteiger partial charge in [-0.05, 0) is 19.1 Å². The van der Waals surface area contributed by atoms with Gasteiger partial charge in [0.1, 0.15) is 5.76 Å². The molecule has 2 aromatic rings. The number of thiazole rings is 1. The Bertz CT molecular complexity index is 433. The van der Waals surface area contributed by atoms with Gasteiger partial charge in [-0.2, -0.15) is 0 Å². The molecule has 2 rings (SSSR count). The predicted octanol–water partition coefficient (Wildman–Crippen LogP) is 2.30. The minimum absolute atomic E-state index is 0.270. The molecule has 5 heteroatoms. The van der Waals surface area contributed by atoms with E-state index in [-0.39, 0.29) is 5.91 Å². The summed E-state index contributed by atoms with van der Waals surface area (Å²) in [5.74, 6) is 0.750. The number of hydrogen-bond acceptors (Lipinski definition) is 4. The summed E-state index contributed by atoms with van der Waals surface area (Å²) in [5.41, 5.74) is 0. The third kappa shape index (κ3) is 1.82. The fourth-order valence-electron chi connectivity index (χ4n) is 1.00. The van der Waals surface area contributed by atoms with Crippen molar-refractivity contribution in [2.45, 2.75) is 6.92 Å². The maximum absolute atomic E-state index is 11.5. The summed E-state index contributed by atoms with van der Waals surface area (Å²) < 4.78 is 5.16. The molecule has 1 amide bonds. The van der Waals surface area contributed by atoms with Crippen LogP contribution in [0.3, 0.4) is 0 Å². The van der Waals surface area contributed by atoms with Crippen LogP contribution in [0.4, 0.5) is 5.13 Å². The van der Waals surface area contributed by atoms with Gasteiger partial charge in [-0.1, -0.05) is 0 Å². The Hall–Kier alpha value is -1.62. The van der Waals surface area contributed by atoms with Crippen molar-refractivity contribution in [2.24, 2.45) is 0 Å². The molecule has 0 fully saturated rings. The first-order valence-electron chi connectivity index (χ1n) is 4.03. The molecule has 72 valence electrons. The summed E-state index contributed by atoms with van der Waals surface area (Å²) in [6.07, 6.45) is 1.63. The van der Waals surface area contributed by atoms with Crippen LogP contribution in [0.5, 0.6) is 0 Å². The van der Waals surface area contributed by atoms with Crippen LogP contribution >= 0.6 is 11.3 Å². The first kappa shape index (κ1) is 8.96. The minimum atomic E-state index is -0.270. The van der Waals surface area contributed by atoms with Crippen molar-refractivity contribution < 1.29 is 9.21 Å². The number of nitrogens with zero attached hydrogens (tertiary/aromatic N) is 1. The zero-order valence-electron chi connectivity index (χ0n) is 7.48. The lowest BCUT2D eigenvalue weighted by Gasteiger charge is -1.96. The van der Waals surface area contributed by atoms with Gasteiger partial charge in [0.2, 0.25) is 0 Å². The molecule has 0 unspecified atom stereocenters. The average Bonchev–Trinajstić information content (AvgIpc) is 2.75. The fourth-order valence-corrected chi connectivity index (χ4v) is 1.52. The van der Waals surface area contributed by atoms with Gasteiger partial charge in [0.15, 0.2) is 10.9 Å². The molecule has 0 aliphatic rings. The number of anilines is 1. The highest BCUT2D eigenvalue weighted by Crippen LogP contribution is 2.13. The Labute approximate surface area is 84.6 Å². The number of rotatable bonds is 2. The van der Waals surface area contributed by atoms with E-state index in [4.69, 9.17) is 4.42 Å². The molecular weight excluding hydrogens is 200 g/mol. The molecule has 1 N–H and O–H groups in total. The number of hydrogen-bond donors (Lipinski definition) is 1. The molecule has 0 aliphatic heterocycles. The summed E-state index contributed by atoms with van der Waals surface area (Å²) in [6.45, 7) is 1.79. The predicted molar refractivity (Wildman–Crippen MR) is 53.5 cm³/mol. The number of furan rings is 1. The highest BCUT2D eigenvalue weighted by Gasteiger charge is 2.10. The number of aryl methyl sites for hydroxylation is 1. The highest BCUT2D eigenvalue weighted by atomic mass is 32.1. The summed E-state index contributed by atoms with van der Waals surface area (Å²) in [5, 5.41) is 4.99. The van der Waals surface area contributed by atoms with Crippen LogP contribution in [0.15, 0.2) is 28.1 Å². The summed E-state index contributed by atoms with van der Waals surface area (Å²) in [6, 6.07) is 3.38. The highest BCUT2D eigenvalue weighted by molar-refractivity contribution is 7.13. The number of carbonyl (C=O) groups is 1. The molecular formula is C9H8N2O2S. The molecule has 4 nitrogen and oxygen atoms in total. The van der Waals surface area contributed by atoms with Gasteiger partial charge in [-0.3, -0.25) is 10.1 Å². The van der Waals surface area contributed by atoms with E-state index in [1.54, 1.807) is 30.6 Å². The number of aromatic nitrogens is 1. The number of amides is 1. The van der Waals surface area contributed by atoms with Crippen LogP contribution < -0.4 is 5.32 Å². The second-order valence-electron chi connectivity index (χ2n) is 2.70. The second kappa shape index (κ2) is 3.63. The van der Waals surface area contributed by atoms with Gasteiger partial charge in [-0.25, -0.2) is 4.98 Å². The molecule has 14 heavy (non-hydrogen) atoms. The lowest BCUT2D eigenvalue weighted by molar-refractivity contribution is 0.0995. The number of carbonyl (C=O) groups excluding carboxylic acids is 1. The summed E-state index contributed by atoms with van der Waals surface area (Å²) in [7, 11) is 0. The Morgan fingerprint density at radius 2 is 2.43 bits per heavy atom. The molecule has 0 bridgehead atoms. The molecule has 0 aliphatic carbocycles. The van der Waals surface area contributed by atoms with E-state index in [2.05, 4.69) is 10.3 Å². The van der Waals surface area contributed by atoms with Crippen molar-refractivity contribution >= 4 is 22.4 Å². The van der Waals surface area contributed by atoms with Gasteiger partial charge >= 0.3 is 0 Å². The normalized spacial score (nSPS) is 10.1. The van der Waals surface area contributed by atoms with Gasteiger partial charge in [0.05, 0.1) is 0 Å². The van der Waals surface area contributed by atoms with Gasteiger partial charge in [-0.15, -0.1) is 11.3 Å². The van der Waals surface area contributed by atoms with E-state index in [0.717, 1.165) is 0 Å².